The molecule has 1 unspecified atom stereocenters. The predicted octanol–water partition coefficient (Wildman–Crippen LogP) is 4.21. The average molecular weight is 283 g/mol. The molecule has 0 amide bonds. The van der Waals surface area contributed by atoms with E-state index in [0.29, 0.717) is 6.04 Å². The molecule has 0 saturated carbocycles. The van der Waals surface area contributed by atoms with Gasteiger partial charge in [-0.15, -0.1) is 0 Å². The van der Waals surface area contributed by atoms with Gasteiger partial charge in [-0.25, -0.2) is 0 Å². The second kappa shape index (κ2) is 7.28. The maximum atomic E-state index is 5.20. The zero-order valence-corrected chi connectivity index (χ0v) is 13.4. The molecule has 0 aliphatic rings. The van der Waals surface area contributed by atoms with Crippen molar-refractivity contribution in [3.63, 3.8) is 0 Å². The van der Waals surface area contributed by atoms with Crippen LogP contribution in [0.4, 0.5) is 0 Å². The molecule has 112 valence electrons. The zero-order valence-electron chi connectivity index (χ0n) is 13.4. The fraction of sp³-hybridized carbons (Fsp3) is 0.368. The van der Waals surface area contributed by atoms with Crippen molar-refractivity contribution in [2.45, 2.75) is 32.7 Å². The second-order valence-corrected chi connectivity index (χ2v) is 5.53. The summed E-state index contributed by atoms with van der Waals surface area (Å²) in [5.41, 5.74) is 5.52. The molecule has 0 aromatic heterocycles. The first kappa shape index (κ1) is 15.6. The number of rotatable bonds is 6. The fourth-order valence-electron chi connectivity index (χ4n) is 2.91. The van der Waals surface area contributed by atoms with E-state index in [0.717, 1.165) is 18.6 Å². The second-order valence-electron chi connectivity index (χ2n) is 5.53. The van der Waals surface area contributed by atoms with E-state index in [9.17, 15) is 0 Å². The van der Waals surface area contributed by atoms with Crippen LogP contribution in [0.1, 0.15) is 34.7 Å². The van der Waals surface area contributed by atoms with Crippen LogP contribution in [-0.2, 0) is 6.42 Å². The summed E-state index contributed by atoms with van der Waals surface area (Å²) in [5.74, 6) is 0.915. The number of aryl methyl sites for hydroxylation is 3. The highest BCUT2D eigenvalue weighted by Crippen LogP contribution is 2.25. The molecule has 2 nitrogen and oxygen atoms in total. The Bertz CT molecular complexity index is 554. The summed E-state index contributed by atoms with van der Waals surface area (Å²) >= 11 is 0. The number of methoxy groups -OCH3 is 1. The van der Waals surface area contributed by atoms with Gasteiger partial charge in [0.25, 0.3) is 0 Å². The lowest BCUT2D eigenvalue weighted by atomic mass is 9.92. The monoisotopic (exact) mass is 283 g/mol. The molecule has 0 spiro atoms. The van der Waals surface area contributed by atoms with E-state index in [1.54, 1.807) is 7.11 Å². The third-order valence-corrected chi connectivity index (χ3v) is 4.12. The standard InChI is InChI=1S/C19H25NO/c1-14-6-5-7-15(2)19(14)18(20-3)13-10-16-8-11-17(21-4)12-9-16/h5-9,11-12,18,20H,10,13H2,1-4H3. The van der Waals surface area contributed by atoms with Crippen molar-refractivity contribution in [2.75, 3.05) is 14.2 Å². The van der Waals surface area contributed by atoms with Gasteiger partial charge in [0.2, 0.25) is 0 Å². The van der Waals surface area contributed by atoms with E-state index >= 15 is 0 Å². The summed E-state index contributed by atoms with van der Waals surface area (Å²) in [6.45, 7) is 4.39. The first-order valence-corrected chi connectivity index (χ1v) is 7.52. The summed E-state index contributed by atoms with van der Waals surface area (Å²) < 4.78 is 5.20. The Labute approximate surface area is 128 Å². The third kappa shape index (κ3) is 3.85. The van der Waals surface area contributed by atoms with Gasteiger partial charge in [-0.2, -0.15) is 0 Å². The topological polar surface area (TPSA) is 21.3 Å². The summed E-state index contributed by atoms with van der Waals surface area (Å²) in [4.78, 5) is 0. The summed E-state index contributed by atoms with van der Waals surface area (Å²) in [6, 6.07) is 15.3. The van der Waals surface area contributed by atoms with Gasteiger partial charge in [-0.1, -0.05) is 30.3 Å². The van der Waals surface area contributed by atoms with Gasteiger partial charge in [0.05, 0.1) is 7.11 Å². The zero-order chi connectivity index (χ0) is 15.2. The van der Waals surface area contributed by atoms with Crippen LogP contribution in [0.3, 0.4) is 0 Å². The first-order valence-electron chi connectivity index (χ1n) is 7.52. The lowest BCUT2D eigenvalue weighted by molar-refractivity contribution is 0.414. The summed E-state index contributed by atoms with van der Waals surface area (Å²) in [7, 11) is 3.75. The Morgan fingerprint density at radius 3 is 2.14 bits per heavy atom. The quantitative estimate of drug-likeness (QED) is 0.857. The molecule has 21 heavy (non-hydrogen) atoms. The van der Waals surface area contributed by atoms with Gasteiger partial charge in [-0.05, 0) is 68.1 Å². The van der Waals surface area contributed by atoms with Crippen molar-refractivity contribution in [1.29, 1.82) is 0 Å². The Kier molecular flexibility index (Phi) is 5.40. The maximum absolute atomic E-state index is 5.20. The number of benzene rings is 2. The van der Waals surface area contributed by atoms with Crippen LogP contribution in [0.2, 0.25) is 0 Å². The SMILES string of the molecule is CNC(CCc1ccc(OC)cc1)c1c(C)cccc1C. The molecule has 0 radical (unpaired) electrons. The minimum atomic E-state index is 0.397. The third-order valence-electron chi connectivity index (χ3n) is 4.12. The van der Waals surface area contributed by atoms with Crippen LogP contribution in [0.5, 0.6) is 5.75 Å². The molecule has 1 atom stereocenters. The van der Waals surface area contributed by atoms with E-state index in [-0.39, 0.29) is 0 Å². The number of hydrogen-bond donors (Lipinski definition) is 1. The van der Waals surface area contributed by atoms with Crippen LogP contribution in [0, 0.1) is 13.8 Å². The number of nitrogens with one attached hydrogen (secondary N) is 1. The Hall–Kier alpha value is -1.80. The van der Waals surface area contributed by atoms with E-state index in [4.69, 9.17) is 4.74 Å². The van der Waals surface area contributed by atoms with Crippen molar-refractivity contribution >= 4 is 0 Å². The number of ether oxygens (including phenoxy) is 1. The van der Waals surface area contributed by atoms with Crippen molar-refractivity contribution in [3.05, 3.63) is 64.7 Å². The molecule has 0 heterocycles. The molecule has 2 rings (SSSR count). The Morgan fingerprint density at radius 2 is 1.62 bits per heavy atom. The number of hydrogen-bond acceptors (Lipinski definition) is 2. The van der Waals surface area contributed by atoms with Gasteiger partial charge >= 0.3 is 0 Å². The molecule has 2 aromatic carbocycles. The average Bonchev–Trinajstić information content (AvgIpc) is 2.50. The summed E-state index contributed by atoms with van der Waals surface area (Å²) in [5, 5.41) is 3.47. The molecular formula is C19H25NO. The molecule has 0 saturated heterocycles. The minimum absolute atomic E-state index is 0.397. The van der Waals surface area contributed by atoms with Crippen LogP contribution in [-0.4, -0.2) is 14.2 Å². The highest BCUT2D eigenvalue weighted by atomic mass is 16.5. The highest BCUT2D eigenvalue weighted by Gasteiger charge is 2.14. The molecule has 0 aliphatic carbocycles. The van der Waals surface area contributed by atoms with E-state index in [1.807, 2.05) is 19.2 Å². The molecule has 2 heteroatoms. The van der Waals surface area contributed by atoms with E-state index < -0.39 is 0 Å². The van der Waals surface area contributed by atoms with E-state index in [2.05, 4.69) is 49.5 Å². The van der Waals surface area contributed by atoms with E-state index in [1.165, 1.54) is 22.3 Å². The lowest BCUT2D eigenvalue weighted by Crippen LogP contribution is -2.19. The maximum Gasteiger partial charge on any atom is 0.118 e. The Balaban J connectivity index is 2.08. The normalized spacial score (nSPS) is 12.2. The van der Waals surface area contributed by atoms with Crippen LogP contribution < -0.4 is 10.1 Å². The van der Waals surface area contributed by atoms with Gasteiger partial charge in [0.15, 0.2) is 0 Å². The highest BCUT2D eigenvalue weighted by molar-refractivity contribution is 5.36. The largest absolute Gasteiger partial charge is 0.497 e. The van der Waals surface area contributed by atoms with Gasteiger partial charge in [0.1, 0.15) is 5.75 Å². The van der Waals surface area contributed by atoms with Gasteiger partial charge in [-0.3, -0.25) is 0 Å². The van der Waals surface area contributed by atoms with Crippen molar-refractivity contribution in [1.82, 2.24) is 5.32 Å². The van der Waals surface area contributed by atoms with Gasteiger partial charge in [0, 0.05) is 6.04 Å². The van der Waals surface area contributed by atoms with Gasteiger partial charge < -0.3 is 10.1 Å². The van der Waals surface area contributed by atoms with Crippen molar-refractivity contribution in [3.8, 4) is 5.75 Å². The molecule has 1 N–H and O–H groups in total. The minimum Gasteiger partial charge on any atom is -0.497 e. The fourth-order valence-corrected chi connectivity index (χ4v) is 2.91. The predicted molar refractivity (Wildman–Crippen MR) is 89.0 cm³/mol. The van der Waals surface area contributed by atoms with Crippen molar-refractivity contribution in [2.24, 2.45) is 0 Å². The van der Waals surface area contributed by atoms with Crippen LogP contribution in [0.15, 0.2) is 42.5 Å². The lowest BCUT2D eigenvalue weighted by Gasteiger charge is -2.21. The smallest absolute Gasteiger partial charge is 0.118 e. The molecular weight excluding hydrogens is 258 g/mol. The molecule has 0 fully saturated rings. The summed E-state index contributed by atoms with van der Waals surface area (Å²) in [6.07, 6.45) is 2.15. The van der Waals surface area contributed by atoms with Crippen LogP contribution >= 0.6 is 0 Å². The molecule has 0 bridgehead atoms. The first-order chi connectivity index (χ1) is 10.2. The van der Waals surface area contributed by atoms with Crippen LogP contribution in [0.25, 0.3) is 0 Å². The molecule has 2 aromatic rings. The van der Waals surface area contributed by atoms with Crippen molar-refractivity contribution < 1.29 is 4.74 Å². The Morgan fingerprint density at radius 1 is 1.00 bits per heavy atom. The molecule has 0 aliphatic heterocycles.